The zero-order chi connectivity index (χ0) is 10.6. The maximum Gasteiger partial charge on any atom is 0.227 e. The molecule has 0 aliphatic rings. The molecule has 76 valence electrons. The van der Waals surface area contributed by atoms with Crippen molar-refractivity contribution in [2.24, 2.45) is 0 Å². The zero-order valence-corrected chi connectivity index (χ0v) is 8.76. The van der Waals surface area contributed by atoms with E-state index in [0.717, 1.165) is 5.75 Å². The van der Waals surface area contributed by atoms with E-state index in [9.17, 15) is 9.90 Å². The van der Waals surface area contributed by atoms with Crippen LogP contribution in [-0.4, -0.2) is 10.9 Å². The SMILES string of the molecule is C=CCSCc1oc(C)cc(=O)c1O. The first kappa shape index (κ1) is 10.9. The Balaban J connectivity index is 2.85. The Morgan fingerprint density at radius 1 is 1.71 bits per heavy atom. The minimum atomic E-state index is -0.386. The van der Waals surface area contributed by atoms with Gasteiger partial charge in [-0.15, -0.1) is 18.3 Å². The fourth-order valence-corrected chi connectivity index (χ4v) is 1.66. The van der Waals surface area contributed by atoms with Gasteiger partial charge in [-0.25, -0.2) is 0 Å². The molecule has 0 saturated carbocycles. The molecule has 1 N–H and O–H groups in total. The van der Waals surface area contributed by atoms with Gasteiger partial charge in [0.25, 0.3) is 0 Å². The molecule has 1 heterocycles. The average molecular weight is 212 g/mol. The largest absolute Gasteiger partial charge is 0.502 e. The first-order chi connectivity index (χ1) is 6.65. The lowest BCUT2D eigenvalue weighted by Crippen LogP contribution is -2.02. The smallest absolute Gasteiger partial charge is 0.227 e. The van der Waals surface area contributed by atoms with Crippen LogP contribution in [-0.2, 0) is 5.75 Å². The van der Waals surface area contributed by atoms with Gasteiger partial charge < -0.3 is 9.52 Å². The molecule has 0 bridgehead atoms. The molecule has 1 rings (SSSR count). The first-order valence-corrected chi connectivity index (χ1v) is 5.32. The number of rotatable bonds is 4. The highest BCUT2D eigenvalue weighted by atomic mass is 32.2. The van der Waals surface area contributed by atoms with E-state index < -0.39 is 0 Å². The van der Waals surface area contributed by atoms with Gasteiger partial charge in [0.1, 0.15) is 5.76 Å². The van der Waals surface area contributed by atoms with Gasteiger partial charge in [0.05, 0.1) is 5.75 Å². The van der Waals surface area contributed by atoms with Crippen LogP contribution in [0.3, 0.4) is 0 Å². The predicted molar refractivity (Wildman–Crippen MR) is 57.7 cm³/mol. The molecule has 0 aromatic carbocycles. The molecule has 0 spiro atoms. The molecule has 14 heavy (non-hydrogen) atoms. The van der Waals surface area contributed by atoms with E-state index in [-0.39, 0.29) is 11.2 Å². The van der Waals surface area contributed by atoms with Crippen molar-refractivity contribution in [2.75, 3.05) is 5.75 Å². The summed E-state index contributed by atoms with van der Waals surface area (Å²) in [5.41, 5.74) is -0.386. The second kappa shape index (κ2) is 4.91. The predicted octanol–water partition coefficient (Wildman–Crippen LogP) is 2.07. The molecular weight excluding hydrogens is 200 g/mol. The molecule has 4 heteroatoms. The van der Waals surface area contributed by atoms with Crippen LogP contribution >= 0.6 is 11.8 Å². The van der Waals surface area contributed by atoms with Crippen LogP contribution in [0.15, 0.2) is 27.9 Å². The third-order valence-electron chi connectivity index (χ3n) is 1.58. The zero-order valence-electron chi connectivity index (χ0n) is 7.95. The highest BCUT2D eigenvalue weighted by Gasteiger charge is 2.08. The van der Waals surface area contributed by atoms with Gasteiger partial charge in [-0.05, 0) is 6.92 Å². The summed E-state index contributed by atoms with van der Waals surface area (Å²) < 4.78 is 5.23. The summed E-state index contributed by atoms with van der Waals surface area (Å²) in [5.74, 6) is 1.81. The second-order valence-corrected chi connectivity index (χ2v) is 3.83. The van der Waals surface area contributed by atoms with Crippen LogP contribution in [0, 0.1) is 6.92 Å². The Bertz CT molecular complexity index is 381. The van der Waals surface area contributed by atoms with Crippen molar-refractivity contribution in [2.45, 2.75) is 12.7 Å². The van der Waals surface area contributed by atoms with Gasteiger partial charge >= 0.3 is 0 Å². The summed E-state index contributed by atoms with van der Waals surface area (Å²) in [7, 11) is 0. The number of hydrogen-bond acceptors (Lipinski definition) is 4. The van der Waals surface area contributed by atoms with E-state index in [1.54, 1.807) is 13.0 Å². The summed E-state index contributed by atoms with van der Waals surface area (Å²) in [6.07, 6.45) is 1.76. The molecule has 0 atom stereocenters. The number of thioether (sulfide) groups is 1. The minimum Gasteiger partial charge on any atom is -0.502 e. The van der Waals surface area contributed by atoms with E-state index in [4.69, 9.17) is 4.42 Å². The lowest BCUT2D eigenvalue weighted by Gasteiger charge is -2.02. The lowest BCUT2D eigenvalue weighted by atomic mass is 10.3. The van der Waals surface area contributed by atoms with Crippen LogP contribution in [0.2, 0.25) is 0 Å². The Kier molecular flexibility index (Phi) is 3.83. The summed E-state index contributed by atoms with van der Waals surface area (Å²) in [4.78, 5) is 11.2. The van der Waals surface area contributed by atoms with Crippen LogP contribution in [0.5, 0.6) is 5.75 Å². The molecular formula is C10H12O3S. The highest BCUT2D eigenvalue weighted by molar-refractivity contribution is 7.98. The molecule has 0 radical (unpaired) electrons. The molecule has 0 saturated heterocycles. The van der Waals surface area contributed by atoms with Gasteiger partial charge in [-0.2, -0.15) is 0 Å². The molecule has 0 aliphatic heterocycles. The van der Waals surface area contributed by atoms with Gasteiger partial charge in [-0.1, -0.05) is 6.08 Å². The van der Waals surface area contributed by atoms with Crippen LogP contribution in [0.1, 0.15) is 11.5 Å². The third-order valence-corrected chi connectivity index (χ3v) is 2.52. The molecule has 0 unspecified atom stereocenters. The summed E-state index contributed by atoms with van der Waals surface area (Å²) in [5, 5.41) is 9.38. The summed E-state index contributed by atoms with van der Waals surface area (Å²) in [6, 6.07) is 1.27. The Labute approximate surface area is 86.5 Å². The van der Waals surface area contributed by atoms with E-state index in [1.165, 1.54) is 17.8 Å². The van der Waals surface area contributed by atoms with Gasteiger partial charge in [-0.3, -0.25) is 4.79 Å². The van der Waals surface area contributed by atoms with Crippen molar-refractivity contribution in [3.8, 4) is 5.75 Å². The Hall–Kier alpha value is -1.16. The van der Waals surface area contributed by atoms with Crippen LogP contribution < -0.4 is 5.43 Å². The molecule has 0 amide bonds. The van der Waals surface area contributed by atoms with Crippen molar-refractivity contribution in [1.29, 1.82) is 0 Å². The van der Waals surface area contributed by atoms with Crippen molar-refractivity contribution < 1.29 is 9.52 Å². The van der Waals surface area contributed by atoms with Crippen LogP contribution in [0.25, 0.3) is 0 Å². The van der Waals surface area contributed by atoms with E-state index in [1.807, 2.05) is 0 Å². The second-order valence-electron chi connectivity index (χ2n) is 2.80. The normalized spacial score (nSPS) is 10.1. The van der Waals surface area contributed by atoms with Crippen LogP contribution in [0.4, 0.5) is 0 Å². The van der Waals surface area contributed by atoms with E-state index >= 15 is 0 Å². The fraction of sp³-hybridized carbons (Fsp3) is 0.300. The highest BCUT2D eigenvalue weighted by Crippen LogP contribution is 2.19. The lowest BCUT2D eigenvalue weighted by molar-refractivity contribution is 0.399. The summed E-state index contributed by atoms with van der Waals surface area (Å²) in [6.45, 7) is 5.26. The quantitative estimate of drug-likeness (QED) is 0.613. The van der Waals surface area contributed by atoms with Gasteiger partial charge in [0.2, 0.25) is 11.2 Å². The van der Waals surface area contributed by atoms with Crippen molar-refractivity contribution in [1.82, 2.24) is 0 Å². The monoisotopic (exact) mass is 212 g/mol. The number of hydrogen-bond donors (Lipinski definition) is 1. The first-order valence-electron chi connectivity index (χ1n) is 4.16. The standard InChI is InChI=1S/C10H12O3S/c1-3-4-14-6-9-10(12)8(11)5-7(2)13-9/h3,5,12H,1,4,6H2,2H3. The Morgan fingerprint density at radius 2 is 2.43 bits per heavy atom. The number of aromatic hydroxyl groups is 1. The van der Waals surface area contributed by atoms with E-state index in [0.29, 0.717) is 17.3 Å². The molecule has 0 aliphatic carbocycles. The fourth-order valence-electron chi connectivity index (χ4n) is 0.995. The number of aryl methyl sites for hydroxylation is 1. The van der Waals surface area contributed by atoms with Crippen molar-refractivity contribution in [3.05, 3.63) is 40.5 Å². The van der Waals surface area contributed by atoms with Gasteiger partial charge in [0, 0.05) is 11.8 Å². The molecule has 1 aromatic rings. The minimum absolute atomic E-state index is 0.285. The molecule has 3 nitrogen and oxygen atoms in total. The van der Waals surface area contributed by atoms with E-state index in [2.05, 4.69) is 6.58 Å². The summed E-state index contributed by atoms with van der Waals surface area (Å²) >= 11 is 1.53. The van der Waals surface area contributed by atoms with Crippen molar-refractivity contribution >= 4 is 11.8 Å². The maximum absolute atomic E-state index is 11.2. The average Bonchev–Trinajstić information content (AvgIpc) is 2.13. The van der Waals surface area contributed by atoms with Gasteiger partial charge in [0.15, 0.2) is 5.76 Å². The Morgan fingerprint density at radius 3 is 3.07 bits per heavy atom. The molecule has 0 fully saturated rings. The maximum atomic E-state index is 11.2. The van der Waals surface area contributed by atoms with Crippen molar-refractivity contribution in [3.63, 3.8) is 0 Å². The molecule has 1 aromatic heterocycles. The topological polar surface area (TPSA) is 50.4 Å². The third kappa shape index (κ3) is 2.67.